The lowest BCUT2D eigenvalue weighted by atomic mass is 10.00. The van der Waals surface area contributed by atoms with Crippen LogP contribution in [0.3, 0.4) is 0 Å². The Morgan fingerprint density at radius 2 is 1.86 bits per heavy atom. The number of carboxylic acid groups (broad SMARTS) is 1. The van der Waals surface area contributed by atoms with Crippen molar-refractivity contribution in [1.29, 1.82) is 0 Å². The van der Waals surface area contributed by atoms with Gasteiger partial charge < -0.3 is 5.11 Å². The van der Waals surface area contributed by atoms with Crippen LogP contribution in [-0.2, 0) is 6.42 Å². The van der Waals surface area contributed by atoms with Gasteiger partial charge in [0.1, 0.15) is 0 Å². The second kappa shape index (κ2) is 6.13. The third-order valence-electron chi connectivity index (χ3n) is 3.58. The molecule has 2 aromatic rings. The Balaban J connectivity index is 2.88. The highest BCUT2D eigenvalue weighted by molar-refractivity contribution is 5.87. The molecule has 1 aromatic carbocycles. The van der Waals surface area contributed by atoms with Crippen molar-refractivity contribution in [2.24, 2.45) is 0 Å². The van der Waals surface area contributed by atoms with Crippen LogP contribution < -0.4 is 5.43 Å². The van der Waals surface area contributed by atoms with Crippen molar-refractivity contribution in [2.45, 2.75) is 40.2 Å². The Bertz CT molecular complexity index is 759. The Kier molecular flexibility index (Phi) is 4.45. The first kappa shape index (κ1) is 15.9. The average molecular weight is 300 g/mol. The maximum atomic E-state index is 12.6. The standard InChI is InChI=1S/C17H20N2O3/c1-5-13-14(12-8-6-11(4)7-9-12)16(20)15(17(21)22)18-19(13)10(2)3/h6-10H,5H2,1-4H3,(H,21,22). The molecule has 0 radical (unpaired) electrons. The molecule has 0 fully saturated rings. The lowest BCUT2D eigenvalue weighted by Gasteiger charge is -2.19. The summed E-state index contributed by atoms with van der Waals surface area (Å²) in [5.74, 6) is -1.30. The molecule has 1 N–H and O–H groups in total. The van der Waals surface area contributed by atoms with E-state index in [2.05, 4.69) is 5.10 Å². The third-order valence-corrected chi connectivity index (χ3v) is 3.58. The molecule has 22 heavy (non-hydrogen) atoms. The van der Waals surface area contributed by atoms with Gasteiger partial charge in [-0.15, -0.1) is 0 Å². The molecule has 0 saturated carbocycles. The van der Waals surface area contributed by atoms with E-state index in [1.165, 1.54) is 0 Å². The monoisotopic (exact) mass is 300 g/mol. The van der Waals surface area contributed by atoms with E-state index in [0.29, 0.717) is 12.0 Å². The van der Waals surface area contributed by atoms with E-state index in [4.69, 9.17) is 0 Å². The van der Waals surface area contributed by atoms with Crippen molar-refractivity contribution in [2.75, 3.05) is 0 Å². The van der Waals surface area contributed by atoms with E-state index in [1.54, 1.807) is 4.68 Å². The maximum absolute atomic E-state index is 12.6. The van der Waals surface area contributed by atoms with Gasteiger partial charge in [0.2, 0.25) is 11.1 Å². The molecule has 0 aliphatic carbocycles. The molecular formula is C17H20N2O3. The predicted octanol–water partition coefficient (Wildman–Crippen LogP) is 3.06. The number of aromatic carboxylic acids is 1. The van der Waals surface area contributed by atoms with Crippen LogP contribution in [-0.4, -0.2) is 20.9 Å². The Morgan fingerprint density at radius 3 is 2.32 bits per heavy atom. The highest BCUT2D eigenvalue weighted by Gasteiger charge is 2.22. The van der Waals surface area contributed by atoms with E-state index in [-0.39, 0.29) is 6.04 Å². The highest BCUT2D eigenvalue weighted by atomic mass is 16.4. The fourth-order valence-corrected chi connectivity index (χ4v) is 2.50. The largest absolute Gasteiger partial charge is 0.476 e. The fourth-order valence-electron chi connectivity index (χ4n) is 2.50. The Morgan fingerprint density at radius 1 is 1.27 bits per heavy atom. The first-order valence-electron chi connectivity index (χ1n) is 7.32. The number of hydrogen-bond donors (Lipinski definition) is 1. The molecule has 2 rings (SSSR count). The number of carboxylic acids is 1. The van der Waals surface area contributed by atoms with Crippen molar-refractivity contribution in [1.82, 2.24) is 9.78 Å². The number of carbonyl (C=O) groups is 1. The van der Waals surface area contributed by atoms with Crippen LogP contribution in [0.5, 0.6) is 0 Å². The summed E-state index contributed by atoms with van der Waals surface area (Å²) in [5, 5.41) is 13.3. The summed E-state index contributed by atoms with van der Waals surface area (Å²) in [4.78, 5) is 24.0. The average Bonchev–Trinajstić information content (AvgIpc) is 2.47. The Labute approximate surface area is 129 Å². The zero-order valence-corrected chi connectivity index (χ0v) is 13.3. The molecule has 116 valence electrons. The topological polar surface area (TPSA) is 72.2 Å². The number of rotatable bonds is 4. The van der Waals surface area contributed by atoms with Gasteiger partial charge in [0.05, 0.1) is 5.56 Å². The normalized spacial score (nSPS) is 11.0. The highest BCUT2D eigenvalue weighted by Crippen LogP contribution is 2.23. The van der Waals surface area contributed by atoms with Gasteiger partial charge in [-0.25, -0.2) is 4.79 Å². The molecule has 0 aliphatic rings. The van der Waals surface area contributed by atoms with Crippen LogP contribution in [0.15, 0.2) is 29.1 Å². The van der Waals surface area contributed by atoms with Crippen molar-refractivity contribution >= 4 is 5.97 Å². The zero-order valence-electron chi connectivity index (χ0n) is 13.3. The van der Waals surface area contributed by atoms with Crippen LogP contribution in [0.4, 0.5) is 0 Å². The second-order valence-corrected chi connectivity index (χ2v) is 5.56. The molecule has 0 unspecified atom stereocenters. The summed E-state index contributed by atoms with van der Waals surface area (Å²) in [6.45, 7) is 7.74. The molecule has 0 spiro atoms. The number of benzene rings is 1. The van der Waals surface area contributed by atoms with E-state index in [9.17, 15) is 14.7 Å². The quantitative estimate of drug-likeness (QED) is 0.942. The smallest absolute Gasteiger partial charge is 0.360 e. The molecule has 0 bridgehead atoms. The molecule has 0 aliphatic heterocycles. The van der Waals surface area contributed by atoms with Gasteiger partial charge in [-0.05, 0) is 32.8 Å². The predicted molar refractivity (Wildman–Crippen MR) is 85.4 cm³/mol. The minimum Gasteiger partial charge on any atom is -0.476 e. The zero-order chi connectivity index (χ0) is 16.4. The van der Waals surface area contributed by atoms with Gasteiger partial charge in [0.15, 0.2) is 0 Å². The number of nitrogens with zero attached hydrogens (tertiary/aromatic N) is 2. The lowest BCUT2D eigenvalue weighted by Crippen LogP contribution is -2.28. The van der Waals surface area contributed by atoms with Gasteiger partial charge >= 0.3 is 5.97 Å². The van der Waals surface area contributed by atoms with Gasteiger partial charge in [-0.2, -0.15) is 5.10 Å². The van der Waals surface area contributed by atoms with E-state index >= 15 is 0 Å². The molecule has 0 amide bonds. The molecular weight excluding hydrogens is 280 g/mol. The van der Waals surface area contributed by atoms with Crippen LogP contribution >= 0.6 is 0 Å². The third kappa shape index (κ3) is 2.79. The fraction of sp³-hybridized carbons (Fsp3) is 0.353. The summed E-state index contributed by atoms with van der Waals surface area (Å²) >= 11 is 0. The summed E-state index contributed by atoms with van der Waals surface area (Å²) in [5.41, 5.74) is 2.05. The molecule has 1 aromatic heterocycles. The van der Waals surface area contributed by atoms with E-state index in [1.807, 2.05) is 52.0 Å². The molecule has 5 heteroatoms. The summed E-state index contributed by atoms with van der Waals surface area (Å²) in [6, 6.07) is 7.49. The first-order chi connectivity index (χ1) is 10.4. The van der Waals surface area contributed by atoms with Gasteiger partial charge in [-0.3, -0.25) is 9.48 Å². The minimum absolute atomic E-state index is 0.0298. The van der Waals surface area contributed by atoms with Crippen molar-refractivity contribution in [3.8, 4) is 11.1 Å². The minimum atomic E-state index is -1.30. The van der Waals surface area contributed by atoms with Crippen LogP contribution in [0.2, 0.25) is 0 Å². The van der Waals surface area contributed by atoms with Gasteiger partial charge in [-0.1, -0.05) is 36.8 Å². The van der Waals surface area contributed by atoms with E-state index < -0.39 is 17.1 Å². The van der Waals surface area contributed by atoms with Crippen molar-refractivity contribution in [3.63, 3.8) is 0 Å². The summed E-state index contributed by atoms with van der Waals surface area (Å²) < 4.78 is 1.64. The SMILES string of the molecule is CCc1c(-c2ccc(C)cc2)c(=O)c(C(=O)O)nn1C(C)C. The second-order valence-electron chi connectivity index (χ2n) is 5.56. The van der Waals surface area contributed by atoms with Crippen LogP contribution in [0, 0.1) is 6.92 Å². The summed E-state index contributed by atoms with van der Waals surface area (Å²) in [6.07, 6.45) is 0.601. The molecule has 0 atom stereocenters. The number of aromatic nitrogens is 2. The van der Waals surface area contributed by atoms with Crippen LogP contribution in [0.25, 0.3) is 11.1 Å². The number of hydrogen-bond acceptors (Lipinski definition) is 3. The summed E-state index contributed by atoms with van der Waals surface area (Å²) in [7, 11) is 0. The molecule has 5 nitrogen and oxygen atoms in total. The number of aryl methyl sites for hydroxylation is 1. The first-order valence-corrected chi connectivity index (χ1v) is 7.32. The Hall–Kier alpha value is -2.43. The van der Waals surface area contributed by atoms with Crippen molar-refractivity contribution < 1.29 is 9.90 Å². The maximum Gasteiger partial charge on any atom is 0.360 e. The molecule has 1 heterocycles. The lowest BCUT2D eigenvalue weighted by molar-refractivity contribution is 0.0685. The van der Waals surface area contributed by atoms with Crippen molar-refractivity contribution in [3.05, 3.63) is 51.4 Å². The van der Waals surface area contributed by atoms with Crippen LogP contribution in [0.1, 0.15) is 48.6 Å². The van der Waals surface area contributed by atoms with Gasteiger partial charge in [0, 0.05) is 11.7 Å². The van der Waals surface area contributed by atoms with Gasteiger partial charge in [0.25, 0.3) is 0 Å². The van der Waals surface area contributed by atoms with E-state index in [0.717, 1.165) is 16.8 Å². The molecule has 0 saturated heterocycles.